The van der Waals surface area contributed by atoms with E-state index in [1.807, 2.05) is 18.4 Å². The first kappa shape index (κ1) is 19.7. The molecule has 1 fully saturated rings. The fourth-order valence-corrected chi connectivity index (χ4v) is 3.62. The van der Waals surface area contributed by atoms with Crippen LogP contribution in [0.2, 0.25) is 0 Å². The highest BCUT2D eigenvalue weighted by Gasteiger charge is 2.15. The second kappa shape index (κ2) is 10.4. The Balaban J connectivity index is 0.00000242. The van der Waals surface area contributed by atoms with E-state index in [-0.39, 0.29) is 24.0 Å². The quantitative estimate of drug-likeness (QED) is 0.408. The fraction of sp³-hybridized carbons (Fsp3) is 0.688. The van der Waals surface area contributed by atoms with Gasteiger partial charge < -0.3 is 15.4 Å². The molecule has 2 rings (SSSR count). The molecule has 126 valence electrons. The van der Waals surface area contributed by atoms with E-state index in [2.05, 4.69) is 41.6 Å². The Kier molecular flexibility index (Phi) is 9.35. The number of rotatable bonds is 6. The summed E-state index contributed by atoms with van der Waals surface area (Å²) in [6.45, 7) is 6.18. The van der Waals surface area contributed by atoms with Gasteiger partial charge in [-0.05, 0) is 45.2 Å². The molecule has 0 aromatic carbocycles. The molecule has 0 spiro atoms. The molecular weight excluding hydrogens is 409 g/mol. The minimum atomic E-state index is 0. The summed E-state index contributed by atoms with van der Waals surface area (Å²) in [5.41, 5.74) is 0. The molecule has 2 unspecified atom stereocenters. The van der Waals surface area contributed by atoms with E-state index < -0.39 is 0 Å². The number of thiophene rings is 1. The van der Waals surface area contributed by atoms with Crippen molar-refractivity contribution in [1.82, 2.24) is 10.6 Å². The largest absolute Gasteiger partial charge is 0.378 e. The highest BCUT2D eigenvalue weighted by Crippen LogP contribution is 2.16. The molecule has 0 saturated carbocycles. The maximum Gasteiger partial charge on any atom is 0.191 e. The van der Waals surface area contributed by atoms with Gasteiger partial charge in [-0.2, -0.15) is 0 Å². The van der Waals surface area contributed by atoms with Crippen molar-refractivity contribution in [2.24, 2.45) is 4.99 Å². The molecule has 1 saturated heterocycles. The Morgan fingerprint density at radius 1 is 1.50 bits per heavy atom. The number of guanidine groups is 1. The number of hydrogen-bond acceptors (Lipinski definition) is 3. The number of aryl methyl sites for hydroxylation is 1. The van der Waals surface area contributed by atoms with Crippen LogP contribution in [0.3, 0.4) is 0 Å². The maximum atomic E-state index is 5.63. The summed E-state index contributed by atoms with van der Waals surface area (Å²) in [6, 6.07) is 4.77. The van der Waals surface area contributed by atoms with Crippen LogP contribution in [0, 0.1) is 6.92 Å². The first-order valence-electron chi connectivity index (χ1n) is 7.81. The van der Waals surface area contributed by atoms with Crippen LogP contribution >= 0.6 is 35.3 Å². The van der Waals surface area contributed by atoms with E-state index in [1.54, 1.807) is 0 Å². The van der Waals surface area contributed by atoms with Gasteiger partial charge in [0, 0.05) is 42.4 Å². The van der Waals surface area contributed by atoms with Gasteiger partial charge in [-0.3, -0.25) is 4.99 Å². The van der Waals surface area contributed by atoms with Gasteiger partial charge >= 0.3 is 0 Å². The zero-order chi connectivity index (χ0) is 15.1. The summed E-state index contributed by atoms with van der Waals surface area (Å²) in [4.78, 5) is 7.09. The molecule has 22 heavy (non-hydrogen) atoms. The van der Waals surface area contributed by atoms with Crippen LogP contribution in [0.4, 0.5) is 0 Å². The molecule has 1 aromatic rings. The number of nitrogens with one attached hydrogen (secondary N) is 2. The van der Waals surface area contributed by atoms with Crippen molar-refractivity contribution in [3.8, 4) is 0 Å². The maximum absolute atomic E-state index is 5.63. The first-order chi connectivity index (χ1) is 10.2. The van der Waals surface area contributed by atoms with Crippen molar-refractivity contribution in [2.45, 2.75) is 51.7 Å². The second-order valence-corrected chi connectivity index (χ2v) is 7.06. The predicted octanol–water partition coefficient (Wildman–Crippen LogP) is 3.34. The van der Waals surface area contributed by atoms with Gasteiger partial charge in [-0.1, -0.05) is 0 Å². The van der Waals surface area contributed by atoms with E-state index in [0.717, 1.165) is 32.0 Å². The number of halogens is 1. The predicted molar refractivity (Wildman–Crippen MR) is 106 cm³/mol. The summed E-state index contributed by atoms with van der Waals surface area (Å²) < 4.78 is 5.63. The van der Waals surface area contributed by atoms with Crippen LogP contribution in [0.1, 0.15) is 35.9 Å². The van der Waals surface area contributed by atoms with Gasteiger partial charge in [0.25, 0.3) is 0 Å². The van der Waals surface area contributed by atoms with Crippen molar-refractivity contribution in [3.63, 3.8) is 0 Å². The number of ether oxygens (including phenoxy) is 1. The van der Waals surface area contributed by atoms with Crippen molar-refractivity contribution in [1.29, 1.82) is 0 Å². The van der Waals surface area contributed by atoms with Crippen molar-refractivity contribution >= 4 is 41.3 Å². The van der Waals surface area contributed by atoms with Gasteiger partial charge in [0.05, 0.1) is 6.10 Å². The lowest BCUT2D eigenvalue weighted by atomic mass is 10.2. The van der Waals surface area contributed by atoms with Crippen LogP contribution in [0.5, 0.6) is 0 Å². The summed E-state index contributed by atoms with van der Waals surface area (Å²) in [5, 5.41) is 6.84. The molecule has 4 nitrogen and oxygen atoms in total. The molecule has 2 N–H and O–H groups in total. The van der Waals surface area contributed by atoms with Crippen molar-refractivity contribution in [3.05, 3.63) is 21.9 Å². The van der Waals surface area contributed by atoms with Crippen molar-refractivity contribution < 1.29 is 4.74 Å². The smallest absolute Gasteiger partial charge is 0.191 e. The summed E-state index contributed by atoms with van der Waals surface area (Å²) in [6.07, 6.45) is 4.92. The lowest BCUT2D eigenvalue weighted by molar-refractivity contribution is 0.105. The highest BCUT2D eigenvalue weighted by atomic mass is 127. The Morgan fingerprint density at radius 3 is 2.91 bits per heavy atom. The van der Waals surface area contributed by atoms with Gasteiger partial charge in [0.2, 0.25) is 0 Å². The molecular formula is C16H28IN3OS. The van der Waals surface area contributed by atoms with Crippen LogP contribution in [-0.2, 0) is 11.2 Å². The lowest BCUT2D eigenvalue weighted by Gasteiger charge is -2.18. The van der Waals surface area contributed by atoms with Crippen molar-refractivity contribution in [2.75, 3.05) is 20.2 Å². The third-order valence-electron chi connectivity index (χ3n) is 3.69. The molecule has 2 atom stereocenters. The van der Waals surface area contributed by atoms with Gasteiger partial charge in [-0.15, -0.1) is 35.3 Å². The third kappa shape index (κ3) is 6.83. The Labute approximate surface area is 155 Å². The summed E-state index contributed by atoms with van der Waals surface area (Å²) in [7, 11) is 1.82. The Hall–Kier alpha value is -0.340. The topological polar surface area (TPSA) is 45.7 Å². The second-order valence-electron chi connectivity index (χ2n) is 5.68. The minimum absolute atomic E-state index is 0. The summed E-state index contributed by atoms with van der Waals surface area (Å²) in [5.74, 6) is 0.883. The third-order valence-corrected chi connectivity index (χ3v) is 4.72. The average molecular weight is 437 g/mol. The van der Waals surface area contributed by atoms with E-state index >= 15 is 0 Å². The number of nitrogens with zero attached hydrogens (tertiary/aromatic N) is 1. The van der Waals surface area contributed by atoms with Crippen LogP contribution < -0.4 is 10.6 Å². The van der Waals surface area contributed by atoms with Crippen LogP contribution in [0.15, 0.2) is 17.1 Å². The Morgan fingerprint density at radius 2 is 2.32 bits per heavy atom. The molecule has 1 aliphatic rings. The molecule has 1 aliphatic heterocycles. The zero-order valence-electron chi connectivity index (χ0n) is 13.7. The molecule has 6 heteroatoms. The zero-order valence-corrected chi connectivity index (χ0v) is 16.9. The molecule has 0 bridgehead atoms. The number of hydrogen-bond donors (Lipinski definition) is 2. The first-order valence-corrected chi connectivity index (χ1v) is 8.63. The molecule has 2 heterocycles. The SMILES string of the molecule is CN=C(NCCC1CCCO1)NC(C)Cc1ccc(C)s1.I. The van der Waals surface area contributed by atoms with Gasteiger partial charge in [0.1, 0.15) is 0 Å². The standard InChI is InChI=1S/C16H27N3OS.HI/c1-12(11-15-7-6-13(2)21-15)19-16(17-3)18-9-8-14-5-4-10-20-14;/h6-7,12,14H,4-5,8-11H2,1-3H3,(H2,17,18,19);1H. The average Bonchev–Trinajstić information content (AvgIpc) is 3.09. The monoisotopic (exact) mass is 437 g/mol. The van der Waals surface area contributed by atoms with E-state index in [0.29, 0.717) is 12.1 Å². The highest BCUT2D eigenvalue weighted by molar-refractivity contribution is 14.0. The number of aliphatic imine (C=N–C) groups is 1. The summed E-state index contributed by atoms with van der Waals surface area (Å²) >= 11 is 1.87. The lowest BCUT2D eigenvalue weighted by Crippen LogP contribution is -2.43. The van der Waals surface area contributed by atoms with E-state index in [9.17, 15) is 0 Å². The minimum Gasteiger partial charge on any atom is -0.378 e. The normalized spacial score (nSPS) is 19.6. The molecule has 0 amide bonds. The van der Waals surface area contributed by atoms with Crippen LogP contribution in [-0.4, -0.2) is 38.3 Å². The fourth-order valence-electron chi connectivity index (χ4n) is 2.60. The molecule has 1 aromatic heterocycles. The molecule has 0 aliphatic carbocycles. The van der Waals surface area contributed by atoms with E-state index in [1.165, 1.54) is 22.6 Å². The molecule has 0 radical (unpaired) electrons. The van der Waals surface area contributed by atoms with Gasteiger partial charge in [0.15, 0.2) is 5.96 Å². The Bertz CT molecular complexity index is 458. The van der Waals surface area contributed by atoms with Gasteiger partial charge in [-0.25, -0.2) is 0 Å². The van der Waals surface area contributed by atoms with Crippen LogP contribution in [0.25, 0.3) is 0 Å². The van der Waals surface area contributed by atoms with E-state index in [4.69, 9.17) is 4.74 Å².